The summed E-state index contributed by atoms with van der Waals surface area (Å²) >= 11 is 0. The summed E-state index contributed by atoms with van der Waals surface area (Å²) in [5.41, 5.74) is 1.81. The summed E-state index contributed by atoms with van der Waals surface area (Å²) in [4.78, 5) is 12.3. The summed E-state index contributed by atoms with van der Waals surface area (Å²) in [6.07, 6.45) is 5.60. The molecule has 0 fully saturated rings. The van der Waals surface area contributed by atoms with E-state index in [0.29, 0.717) is 12.1 Å². The molecule has 21 heavy (non-hydrogen) atoms. The van der Waals surface area contributed by atoms with E-state index in [1.807, 2.05) is 42.1 Å². The first kappa shape index (κ1) is 13.7. The van der Waals surface area contributed by atoms with E-state index in [4.69, 9.17) is 4.74 Å². The number of aromatic nitrogens is 2. The van der Waals surface area contributed by atoms with Gasteiger partial charge in [0.2, 0.25) is 0 Å². The summed E-state index contributed by atoms with van der Waals surface area (Å²) in [7, 11) is 0. The van der Waals surface area contributed by atoms with E-state index in [1.165, 1.54) is 0 Å². The third kappa shape index (κ3) is 3.24. The van der Waals surface area contributed by atoms with Crippen LogP contribution in [0.3, 0.4) is 0 Å². The maximum Gasteiger partial charge on any atom is 0.251 e. The van der Waals surface area contributed by atoms with Gasteiger partial charge in [-0.3, -0.25) is 9.48 Å². The normalized spacial score (nSPS) is 14.9. The standard InChI is InChI=1S/C16H19N3O2/c1-12(11-19-8-3-7-17-19)18-16(20)14-5-6-15-13(10-14)4-2-9-21-15/h3,5-8,10,12H,2,4,9,11H2,1H3,(H,18,20)/t12-/m1/s1. The first-order valence-corrected chi connectivity index (χ1v) is 7.26. The number of amides is 1. The van der Waals surface area contributed by atoms with Crippen molar-refractivity contribution in [2.75, 3.05) is 6.61 Å². The molecule has 3 rings (SSSR count). The molecular weight excluding hydrogens is 266 g/mol. The number of benzene rings is 1. The number of carbonyl (C=O) groups excluding carboxylic acids is 1. The molecular formula is C16H19N3O2. The number of hydrogen-bond acceptors (Lipinski definition) is 3. The summed E-state index contributed by atoms with van der Waals surface area (Å²) in [5.74, 6) is 0.852. The minimum Gasteiger partial charge on any atom is -0.493 e. The average molecular weight is 285 g/mol. The van der Waals surface area contributed by atoms with Gasteiger partial charge in [0.15, 0.2) is 0 Å². The highest BCUT2D eigenvalue weighted by molar-refractivity contribution is 5.94. The number of nitrogens with one attached hydrogen (secondary N) is 1. The molecule has 0 aliphatic carbocycles. The van der Waals surface area contributed by atoms with Crippen molar-refractivity contribution in [3.8, 4) is 5.75 Å². The van der Waals surface area contributed by atoms with Crippen LogP contribution in [0.4, 0.5) is 0 Å². The number of rotatable bonds is 4. The van der Waals surface area contributed by atoms with Crippen LogP contribution in [0.1, 0.15) is 29.3 Å². The maximum atomic E-state index is 12.3. The molecule has 0 saturated heterocycles. The third-order valence-corrected chi connectivity index (χ3v) is 3.57. The largest absolute Gasteiger partial charge is 0.493 e. The molecule has 1 atom stereocenters. The first-order chi connectivity index (χ1) is 10.2. The van der Waals surface area contributed by atoms with Crippen molar-refractivity contribution in [2.45, 2.75) is 32.4 Å². The molecule has 0 radical (unpaired) electrons. The fourth-order valence-corrected chi connectivity index (χ4v) is 2.54. The third-order valence-electron chi connectivity index (χ3n) is 3.57. The number of nitrogens with zero attached hydrogens (tertiary/aromatic N) is 2. The van der Waals surface area contributed by atoms with Crippen LogP contribution < -0.4 is 10.1 Å². The summed E-state index contributed by atoms with van der Waals surface area (Å²) < 4.78 is 7.38. The van der Waals surface area contributed by atoms with Crippen molar-refractivity contribution in [3.05, 3.63) is 47.8 Å². The Bertz CT molecular complexity index is 622. The van der Waals surface area contributed by atoms with Gasteiger partial charge in [0.25, 0.3) is 5.91 Å². The van der Waals surface area contributed by atoms with Crippen molar-refractivity contribution < 1.29 is 9.53 Å². The van der Waals surface area contributed by atoms with E-state index in [9.17, 15) is 4.79 Å². The highest BCUT2D eigenvalue weighted by atomic mass is 16.5. The number of ether oxygens (including phenoxy) is 1. The average Bonchev–Trinajstić information content (AvgIpc) is 2.99. The molecule has 110 valence electrons. The molecule has 5 heteroatoms. The van der Waals surface area contributed by atoms with Gasteiger partial charge in [0.1, 0.15) is 5.75 Å². The van der Waals surface area contributed by atoms with Gasteiger partial charge in [-0.15, -0.1) is 0 Å². The molecule has 0 spiro atoms. The van der Waals surface area contributed by atoms with Crippen LogP contribution in [0.25, 0.3) is 0 Å². The minimum atomic E-state index is -0.0528. The minimum absolute atomic E-state index is 0.0182. The van der Waals surface area contributed by atoms with Crippen molar-refractivity contribution in [1.29, 1.82) is 0 Å². The van der Waals surface area contributed by atoms with E-state index in [-0.39, 0.29) is 11.9 Å². The monoisotopic (exact) mass is 285 g/mol. The Morgan fingerprint density at radius 3 is 3.24 bits per heavy atom. The van der Waals surface area contributed by atoms with Crippen LogP contribution in [-0.2, 0) is 13.0 Å². The molecule has 1 N–H and O–H groups in total. The van der Waals surface area contributed by atoms with Gasteiger partial charge < -0.3 is 10.1 Å². The number of aryl methyl sites for hydroxylation is 1. The van der Waals surface area contributed by atoms with Gasteiger partial charge in [0, 0.05) is 24.0 Å². The zero-order chi connectivity index (χ0) is 14.7. The molecule has 1 aliphatic rings. The Balaban J connectivity index is 1.64. The number of fused-ring (bicyclic) bond motifs is 1. The van der Waals surface area contributed by atoms with Gasteiger partial charge in [-0.1, -0.05) is 0 Å². The Kier molecular flexibility index (Phi) is 3.90. The second kappa shape index (κ2) is 5.99. The van der Waals surface area contributed by atoms with Gasteiger partial charge in [-0.2, -0.15) is 5.10 Å². The molecule has 0 bridgehead atoms. The number of carbonyl (C=O) groups is 1. The molecule has 1 aliphatic heterocycles. The maximum absolute atomic E-state index is 12.3. The molecule has 5 nitrogen and oxygen atoms in total. The van der Waals surface area contributed by atoms with Gasteiger partial charge in [-0.25, -0.2) is 0 Å². The van der Waals surface area contributed by atoms with Crippen molar-refractivity contribution >= 4 is 5.91 Å². The summed E-state index contributed by atoms with van der Waals surface area (Å²) in [6.45, 7) is 3.40. The van der Waals surface area contributed by atoms with Crippen molar-refractivity contribution in [3.63, 3.8) is 0 Å². The second-order valence-electron chi connectivity index (χ2n) is 5.38. The Labute approximate surface area is 123 Å². The molecule has 1 aromatic heterocycles. The van der Waals surface area contributed by atoms with Gasteiger partial charge >= 0.3 is 0 Å². The lowest BCUT2D eigenvalue weighted by atomic mass is 10.0. The predicted molar refractivity (Wildman–Crippen MR) is 79.4 cm³/mol. The van der Waals surface area contributed by atoms with Crippen LogP contribution in [0.2, 0.25) is 0 Å². The summed E-state index contributed by atoms with van der Waals surface area (Å²) in [5, 5.41) is 7.14. The number of hydrogen-bond donors (Lipinski definition) is 1. The van der Waals surface area contributed by atoms with E-state index < -0.39 is 0 Å². The first-order valence-electron chi connectivity index (χ1n) is 7.26. The molecule has 0 unspecified atom stereocenters. The van der Waals surface area contributed by atoms with Gasteiger partial charge in [0.05, 0.1) is 13.2 Å². The fourth-order valence-electron chi connectivity index (χ4n) is 2.54. The Morgan fingerprint density at radius 2 is 2.43 bits per heavy atom. The van der Waals surface area contributed by atoms with Crippen LogP contribution in [0, 0.1) is 0 Å². The molecule has 1 amide bonds. The highest BCUT2D eigenvalue weighted by Gasteiger charge is 2.15. The van der Waals surface area contributed by atoms with Gasteiger partial charge in [-0.05, 0) is 49.6 Å². The van der Waals surface area contributed by atoms with Crippen LogP contribution in [0.15, 0.2) is 36.7 Å². The zero-order valence-electron chi connectivity index (χ0n) is 12.1. The fraction of sp³-hybridized carbons (Fsp3) is 0.375. The van der Waals surface area contributed by atoms with E-state index in [2.05, 4.69) is 10.4 Å². The van der Waals surface area contributed by atoms with Crippen molar-refractivity contribution in [2.24, 2.45) is 0 Å². The van der Waals surface area contributed by atoms with E-state index >= 15 is 0 Å². The van der Waals surface area contributed by atoms with Crippen LogP contribution >= 0.6 is 0 Å². The molecule has 0 saturated carbocycles. The molecule has 2 heterocycles. The molecule has 2 aromatic rings. The SMILES string of the molecule is C[C@H](Cn1cccn1)NC(=O)c1ccc2c(c1)CCCO2. The lowest BCUT2D eigenvalue weighted by Gasteiger charge is -2.18. The van der Waals surface area contributed by atoms with Crippen LogP contribution in [-0.4, -0.2) is 28.3 Å². The predicted octanol–water partition coefficient (Wildman–Crippen LogP) is 2.03. The molecule has 1 aromatic carbocycles. The van der Waals surface area contributed by atoms with E-state index in [1.54, 1.807) is 6.20 Å². The lowest BCUT2D eigenvalue weighted by Crippen LogP contribution is -2.35. The Morgan fingerprint density at radius 1 is 1.52 bits per heavy atom. The topological polar surface area (TPSA) is 56.2 Å². The lowest BCUT2D eigenvalue weighted by molar-refractivity contribution is 0.0936. The summed E-state index contributed by atoms with van der Waals surface area (Å²) in [6, 6.07) is 7.54. The highest BCUT2D eigenvalue weighted by Crippen LogP contribution is 2.25. The van der Waals surface area contributed by atoms with Crippen molar-refractivity contribution in [1.82, 2.24) is 15.1 Å². The van der Waals surface area contributed by atoms with Crippen LogP contribution in [0.5, 0.6) is 5.75 Å². The Hall–Kier alpha value is -2.30. The zero-order valence-corrected chi connectivity index (χ0v) is 12.1. The quantitative estimate of drug-likeness (QED) is 0.935. The van der Waals surface area contributed by atoms with E-state index in [0.717, 1.165) is 30.8 Å². The smallest absolute Gasteiger partial charge is 0.251 e. The second-order valence-corrected chi connectivity index (χ2v) is 5.38.